The first kappa shape index (κ1) is 23.1. The van der Waals surface area contributed by atoms with Gasteiger partial charge < -0.3 is 15.2 Å². The van der Waals surface area contributed by atoms with Crippen LogP contribution in [0.1, 0.15) is 37.7 Å². The Balaban J connectivity index is 1.41. The van der Waals surface area contributed by atoms with Gasteiger partial charge in [0.15, 0.2) is 0 Å². The van der Waals surface area contributed by atoms with E-state index in [-0.39, 0.29) is 30.6 Å². The fraction of sp³-hybridized carbons (Fsp3) is 0.500. The number of hydrogen-bond acceptors (Lipinski definition) is 6. The van der Waals surface area contributed by atoms with Crippen molar-refractivity contribution in [1.29, 1.82) is 0 Å². The van der Waals surface area contributed by atoms with Gasteiger partial charge in [0.05, 0.1) is 31.0 Å². The predicted octanol–water partition coefficient (Wildman–Crippen LogP) is 2.36. The molecule has 1 saturated carbocycles. The molecule has 1 aliphatic carbocycles. The van der Waals surface area contributed by atoms with Crippen LogP contribution in [0.2, 0.25) is 0 Å². The number of amides is 1. The zero-order chi connectivity index (χ0) is 23.9. The van der Waals surface area contributed by atoms with Crippen LogP contribution in [0.5, 0.6) is 5.88 Å². The Kier molecular flexibility index (Phi) is 6.22. The van der Waals surface area contributed by atoms with Gasteiger partial charge in [0.2, 0.25) is 11.8 Å². The second-order valence-corrected chi connectivity index (χ2v) is 11.3. The summed E-state index contributed by atoms with van der Waals surface area (Å²) < 4.78 is 35.9. The molecule has 0 spiro atoms. The number of nitrogens with zero attached hydrogens (tertiary/aromatic N) is 3. The minimum atomic E-state index is -3.84. The van der Waals surface area contributed by atoms with Crippen LogP contribution in [0.15, 0.2) is 42.6 Å². The number of aromatic nitrogens is 1. The molecule has 0 bridgehead atoms. The number of rotatable bonds is 6. The average molecular weight is 487 g/mol. The zero-order valence-electron chi connectivity index (χ0n) is 19.1. The lowest BCUT2D eigenvalue weighted by Crippen LogP contribution is -2.50. The van der Waals surface area contributed by atoms with Crippen LogP contribution in [0.25, 0.3) is 0 Å². The first-order valence-corrected chi connectivity index (χ1v) is 13.2. The number of pyridine rings is 1. The molecule has 9 nitrogen and oxygen atoms in total. The summed E-state index contributed by atoms with van der Waals surface area (Å²) in [5.41, 5.74) is 1.53. The van der Waals surface area contributed by atoms with E-state index in [0.29, 0.717) is 30.6 Å². The van der Waals surface area contributed by atoms with Crippen molar-refractivity contribution in [2.45, 2.75) is 38.2 Å². The molecule has 34 heavy (non-hydrogen) atoms. The van der Waals surface area contributed by atoms with E-state index in [1.165, 1.54) is 10.5 Å². The second kappa shape index (κ2) is 9.16. The maximum Gasteiger partial charge on any atom is 0.304 e. The Morgan fingerprint density at radius 3 is 2.59 bits per heavy atom. The maximum atomic E-state index is 13.7. The van der Waals surface area contributed by atoms with Crippen molar-refractivity contribution in [3.05, 3.63) is 48.2 Å². The number of ether oxygens (including phenoxy) is 1. The summed E-state index contributed by atoms with van der Waals surface area (Å²) in [6.45, 7) is 2.50. The molecule has 2 aromatic rings. The largest absolute Gasteiger partial charge is 0.468 e. The molecule has 4 unspecified atom stereocenters. The van der Waals surface area contributed by atoms with Crippen LogP contribution in [0.4, 0.5) is 11.4 Å². The summed E-state index contributed by atoms with van der Waals surface area (Å²) in [6, 6.07) is 11.0. The third kappa shape index (κ3) is 4.25. The molecule has 4 atom stereocenters. The van der Waals surface area contributed by atoms with Crippen LogP contribution in [-0.2, 0) is 15.0 Å². The van der Waals surface area contributed by atoms with Crippen molar-refractivity contribution in [1.82, 2.24) is 9.29 Å². The minimum Gasteiger partial charge on any atom is -0.468 e. The van der Waals surface area contributed by atoms with E-state index < -0.39 is 22.2 Å². The van der Waals surface area contributed by atoms with E-state index >= 15 is 0 Å². The fourth-order valence-electron chi connectivity index (χ4n) is 5.23. The highest BCUT2D eigenvalue weighted by atomic mass is 32.2. The van der Waals surface area contributed by atoms with Gasteiger partial charge in [-0.15, -0.1) is 0 Å². The number of hydrogen-bond donors (Lipinski definition) is 2. The molecule has 2 fully saturated rings. The summed E-state index contributed by atoms with van der Waals surface area (Å²) in [5.74, 6) is 0.331. The molecule has 1 saturated heterocycles. The molecular weight excluding hydrogens is 456 g/mol. The lowest BCUT2D eigenvalue weighted by Gasteiger charge is -2.36. The van der Waals surface area contributed by atoms with Crippen LogP contribution >= 0.6 is 0 Å². The van der Waals surface area contributed by atoms with E-state index in [1.807, 2.05) is 37.3 Å². The molecule has 10 heteroatoms. The SMILES string of the molecule is CC(C(=O)Nc1cnc2c(c1)N(S(=O)(=O)N1CC3CCCC3C1)CC(CO)O2)c1ccccc1. The van der Waals surface area contributed by atoms with Gasteiger partial charge in [-0.05, 0) is 43.2 Å². The normalized spacial score (nSPS) is 25.4. The number of fused-ring (bicyclic) bond motifs is 2. The maximum absolute atomic E-state index is 13.7. The number of anilines is 2. The molecular formula is C24H30N4O5S. The van der Waals surface area contributed by atoms with Gasteiger partial charge in [-0.1, -0.05) is 36.8 Å². The Morgan fingerprint density at radius 1 is 1.21 bits per heavy atom. The van der Waals surface area contributed by atoms with Crippen molar-refractivity contribution >= 4 is 27.5 Å². The topological polar surface area (TPSA) is 112 Å². The van der Waals surface area contributed by atoms with Gasteiger partial charge in [0.25, 0.3) is 0 Å². The Hall–Kier alpha value is -2.69. The van der Waals surface area contributed by atoms with Gasteiger partial charge in [-0.3, -0.25) is 4.79 Å². The van der Waals surface area contributed by atoms with Gasteiger partial charge in [0, 0.05) is 13.1 Å². The number of carbonyl (C=O) groups excluding carboxylic acids is 1. The lowest BCUT2D eigenvalue weighted by molar-refractivity contribution is -0.117. The molecule has 182 valence electrons. The highest BCUT2D eigenvalue weighted by Crippen LogP contribution is 2.42. The second-order valence-electron chi connectivity index (χ2n) is 9.40. The van der Waals surface area contributed by atoms with Crippen molar-refractivity contribution in [2.24, 2.45) is 11.8 Å². The molecule has 2 aliphatic heterocycles. The van der Waals surface area contributed by atoms with Gasteiger partial charge in [0.1, 0.15) is 11.8 Å². The molecule has 3 heterocycles. The molecule has 1 aromatic heterocycles. The minimum absolute atomic E-state index is 0.0167. The lowest BCUT2D eigenvalue weighted by atomic mass is 10.0. The van der Waals surface area contributed by atoms with Gasteiger partial charge in [-0.2, -0.15) is 12.7 Å². The first-order chi connectivity index (χ1) is 16.4. The Morgan fingerprint density at radius 2 is 1.91 bits per heavy atom. The van der Waals surface area contributed by atoms with E-state index in [9.17, 15) is 18.3 Å². The number of aliphatic hydroxyl groups is 1. The number of aliphatic hydroxyl groups excluding tert-OH is 1. The summed E-state index contributed by atoms with van der Waals surface area (Å²) in [4.78, 5) is 17.1. The van der Waals surface area contributed by atoms with Crippen LogP contribution in [-0.4, -0.2) is 61.1 Å². The zero-order valence-corrected chi connectivity index (χ0v) is 19.9. The Bertz CT molecular complexity index is 1150. The monoisotopic (exact) mass is 486 g/mol. The summed E-state index contributed by atoms with van der Waals surface area (Å²) >= 11 is 0. The third-order valence-corrected chi connectivity index (χ3v) is 9.06. The number of benzene rings is 1. The highest BCUT2D eigenvalue weighted by molar-refractivity contribution is 7.90. The Labute approximate surface area is 199 Å². The van der Waals surface area contributed by atoms with Crippen LogP contribution in [0.3, 0.4) is 0 Å². The molecule has 1 amide bonds. The summed E-state index contributed by atoms with van der Waals surface area (Å²) in [6.07, 6.45) is 4.01. The molecule has 5 rings (SSSR count). The van der Waals surface area contributed by atoms with Crippen molar-refractivity contribution < 1.29 is 23.1 Å². The fourth-order valence-corrected chi connectivity index (χ4v) is 7.01. The summed E-state index contributed by atoms with van der Waals surface area (Å²) in [5, 5.41) is 12.5. The number of nitrogens with one attached hydrogen (secondary N) is 1. The van der Waals surface area contributed by atoms with Gasteiger partial charge >= 0.3 is 10.2 Å². The van der Waals surface area contributed by atoms with Gasteiger partial charge in [-0.25, -0.2) is 9.29 Å². The van der Waals surface area contributed by atoms with E-state index in [4.69, 9.17) is 4.74 Å². The smallest absolute Gasteiger partial charge is 0.304 e. The van der Waals surface area contributed by atoms with Crippen molar-refractivity contribution in [3.8, 4) is 5.88 Å². The third-order valence-electron chi connectivity index (χ3n) is 7.21. The van der Waals surface area contributed by atoms with Crippen LogP contribution in [0, 0.1) is 11.8 Å². The van der Waals surface area contributed by atoms with Crippen molar-refractivity contribution in [2.75, 3.05) is 35.9 Å². The highest BCUT2D eigenvalue weighted by Gasteiger charge is 2.45. The van der Waals surface area contributed by atoms with E-state index in [2.05, 4.69) is 10.3 Å². The molecule has 2 N–H and O–H groups in total. The summed E-state index contributed by atoms with van der Waals surface area (Å²) in [7, 11) is -3.84. The van der Waals surface area contributed by atoms with Crippen LogP contribution < -0.4 is 14.4 Å². The number of carbonyl (C=O) groups is 1. The quantitative estimate of drug-likeness (QED) is 0.648. The predicted molar refractivity (Wildman–Crippen MR) is 128 cm³/mol. The first-order valence-electron chi connectivity index (χ1n) is 11.8. The standard InChI is InChI=1S/C24H30N4O5S/c1-16(17-6-3-2-4-7-17)23(30)26-20-10-22-24(25-11-20)33-21(15-29)14-28(22)34(31,32)27-12-18-8-5-9-19(18)13-27/h2-4,6-7,10-11,16,18-19,21,29H,5,8-9,12-15H2,1H3,(H,26,30). The van der Waals surface area contributed by atoms with Crippen molar-refractivity contribution in [3.63, 3.8) is 0 Å². The average Bonchev–Trinajstić information content (AvgIpc) is 3.46. The van der Waals surface area contributed by atoms with E-state index in [0.717, 1.165) is 24.8 Å². The molecule has 3 aliphatic rings. The molecule has 0 radical (unpaired) electrons. The van der Waals surface area contributed by atoms with E-state index in [1.54, 1.807) is 10.4 Å². The molecule has 1 aromatic carbocycles.